The molecule has 0 aromatic heterocycles. The topological polar surface area (TPSA) is 34.1 Å². The smallest absolute Gasteiger partial charge is 0.193 e. The Kier molecular flexibility index (Phi) is 8.96. The maximum atomic E-state index is 4.53. The molecule has 2 aliphatic rings. The summed E-state index contributed by atoms with van der Waals surface area (Å²) in [6.07, 6.45) is 3.75. The van der Waals surface area contributed by atoms with Gasteiger partial charge in [-0.1, -0.05) is 18.2 Å². The summed E-state index contributed by atoms with van der Waals surface area (Å²) in [4.78, 5) is 13.4. The van der Waals surface area contributed by atoms with Crippen molar-refractivity contribution in [2.75, 3.05) is 72.2 Å². The molecule has 3 rings (SSSR count). The van der Waals surface area contributed by atoms with Crippen LogP contribution in [0.2, 0.25) is 0 Å². The van der Waals surface area contributed by atoms with Crippen LogP contribution in [0, 0.1) is 5.92 Å². The number of likely N-dealkylation sites (N-methyl/N-ethyl adjacent to an activating group) is 1. The predicted molar refractivity (Wildman–Crippen MR) is 121 cm³/mol. The number of aliphatic imine (C=N–C) groups is 1. The van der Waals surface area contributed by atoms with Crippen LogP contribution in [-0.4, -0.2) is 92.9 Å². The maximum absolute atomic E-state index is 4.53. The molecule has 2 aliphatic heterocycles. The lowest BCUT2D eigenvalue weighted by atomic mass is 10.2. The molecule has 156 valence electrons. The van der Waals surface area contributed by atoms with E-state index in [4.69, 9.17) is 0 Å². The zero-order valence-electron chi connectivity index (χ0n) is 17.6. The molecule has 1 N–H and O–H groups in total. The van der Waals surface area contributed by atoms with Crippen molar-refractivity contribution in [1.29, 1.82) is 0 Å². The highest BCUT2D eigenvalue weighted by atomic mass is 32.2. The number of benzene rings is 1. The van der Waals surface area contributed by atoms with Crippen molar-refractivity contribution in [3.05, 3.63) is 30.3 Å². The number of guanidine groups is 1. The van der Waals surface area contributed by atoms with Crippen LogP contribution in [0.3, 0.4) is 0 Å². The molecule has 0 amide bonds. The van der Waals surface area contributed by atoms with Crippen molar-refractivity contribution in [2.24, 2.45) is 10.9 Å². The first kappa shape index (κ1) is 21.5. The Morgan fingerprint density at radius 1 is 1.11 bits per heavy atom. The van der Waals surface area contributed by atoms with E-state index < -0.39 is 0 Å². The molecule has 2 saturated heterocycles. The largest absolute Gasteiger partial charge is 0.356 e. The Morgan fingerprint density at radius 3 is 2.64 bits per heavy atom. The highest BCUT2D eigenvalue weighted by Gasteiger charge is 2.24. The summed E-state index contributed by atoms with van der Waals surface area (Å²) in [6, 6.07) is 10.7. The van der Waals surface area contributed by atoms with Crippen molar-refractivity contribution in [1.82, 2.24) is 20.0 Å². The van der Waals surface area contributed by atoms with Crippen molar-refractivity contribution in [2.45, 2.75) is 24.2 Å². The van der Waals surface area contributed by atoms with E-state index in [1.165, 1.54) is 62.6 Å². The van der Waals surface area contributed by atoms with Crippen LogP contribution >= 0.6 is 11.8 Å². The van der Waals surface area contributed by atoms with Crippen molar-refractivity contribution < 1.29 is 0 Å². The van der Waals surface area contributed by atoms with Gasteiger partial charge >= 0.3 is 0 Å². The molecule has 1 aromatic carbocycles. The van der Waals surface area contributed by atoms with E-state index in [0.29, 0.717) is 0 Å². The minimum atomic E-state index is 0.751. The summed E-state index contributed by atoms with van der Waals surface area (Å²) in [5.41, 5.74) is 0. The van der Waals surface area contributed by atoms with Gasteiger partial charge in [-0.25, -0.2) is 0 Å². The lowest BCUT2D eigenvalue weighted by Crippen LogP contribution is -2.44. The number of thioether (sulfide) groups is 1. The summed E-state index contributed by atoms with van der Waals surface area (Å²) in [6.45, 7) is 9.38. The molecule has 0 aliphatic carbocycles. The maximum Gasteiger partial charge on any atom is 0.193 e. The molecular weight excluding hydrogens is 366 g/mol. The van der Waals surface area contributed by atoms with Gasteiger partial charge in [0.05, 0.1) is 0 Å². The van der Waals surface area contributed by atoms with E-state index in [0.717, 1.165) is 31.5 Å². The Bertz CT molecular complexity index is 586. The second-order valence-corrected chi connectivity index (χ2v) is 9.14. The molecule has 0 bridgehead atoms. The lowest BCUT2D eigenvalue weighted by molar-refractivity contribution is 0.152. The quantitative estimate of drug-likeness (QED) is 0.312. The fraction of sp³-hybridized carbons (Fsp3) is 0.682. The summed E-state index contributed by atoms with van der Waals surface area (Å²) >= 11 is 1.98. The molecule has 0 saturated carbocycles. The Hall–Kier alpha value is -1.24. The van der Waals surface area contributed by atoms with Crippen LogP contribution in [0.15, 0.2) is 40.2 Å². The van der Waals surface area contributed by atoms with Crippen molar-refractivity contribution in [3.63, 3.8) is 0 Å². The van der Waals surface area contributed by atoms with Gasteiger partial charge in [0.15, 0.2) is 5.96 Å². The van der Waals surface area contributed by atoms with Crippen molar-refractivity contribution in [3.8, 4) is 0 Å². The van der Waals surface area contributed by atoms with Crippen LogP contribution in [0.1, 0.15) is 19.3 Å². The minimum Gasteiger partial charge on any atom is -0.356 e. The third-order valence-corrected chi connectivity index (χ3v) is 7.05. The second kappa shape index (κ2) is 11.7. The number of unbranched alkanes of at least 4 members (excludes halogenated alkanes) is 1. The molecule has 1 atom stereocenters. The fourth-order valence-corrected chi connectivity index (χ4v) is 5.01. The molecule has 0 spiro atoms. The van der Waals surface area contributed by atoms with E-state index in [9.17, 15) is 0 Å². The summed E-state index contributed by atoms with van der Waals surface area (Å²) in [5, 5.41) is 3.59. The molecule has 1 aromatic rings. The Morgan fingerprint density at radius 2 is 1.89 bits per heavy atom. The van der Waals surface area contributed by atoms with Crippen LogP contribution in [0.25, 0.3) is 0 Å². The van der Waals surface area contributed by atoms with E-state index in [1.54, 1.807) is 0 Å². The van der Waals surface area contributed by atoms with Crippen molar-refractivity contribution >= 4 is 17.7 Å². The van der Waals surface area contributed by atoms with Gasteiger partial charge < -0.3 is 20.0 Å². The number of hydrogen-bond acceptors (Lipinski definition) is 4. The molecule has 6 heteroatoms. The number of likely N-dealkylation sites (tertiary alicyclic amines) is 1. The number of hydrogen-bond donors (Lipinski definition) is 1. The highest BCUT2D eigenvalue weighted by Crippen LogP contribution is 2.25. The van der Waals surface area contributed by atoms with E-state index in [-0.39, 0.29) is 0 Å². The highest BCUT2D eigenvalue weighted by molar-refractivity contribution is 7.99. The summed E-state index contributed by atoms with van der Waals surface area (Å²) in [5.74, 6) is 3.04. The number of nitrogens with zero attached hydrogens (tertiary/aromatic N) is 4. The van der Waals surface area contributed by atoms with Gasteiger partial charge in [-0.2, -0.15) is 0 Å². The first-order valence-electron chi connectivity index (χ1n) is 10.8. The van der Waals surface area contributed by atoms with E-state index in [1.807, 2.05) is 18.8 Å². The van der Waals surface area contributed by atoms with Crippen LogP contribution in [0.5, 0.6) is 0 Å². The molecule has 2 heterocycles. The number of rotatable bonds is 8. The third kappa shape index (κ3) is 6.98. The monoisotopic (exact) mass is 403 g/mol. The average molecular weight is 404 g/mol. The van der Waals surface area contributed by atoms with E-state index in [2.05, 4.69) is 62.4 Å². The summed E-state index contributed by atoms with van der Waals surface area (Å²) < 4.78 is 0. The fourth-order valence-electron chi connectivity index (χ4n) is 3.96. The van der Waals surface area contributed by atoms with Gasteiger partial charge in [0.2, 0.25) is 0 Å². The normalized spacial score (nSPS) is 22.0. The molecule has 1 unspecified atom stereocenters. The average Bonchev–Trinajstić information content (AvgIpc) is 3.20. The standard InChI is InChI=1S/C22H37N5S/c1-23-22(24-11-6-7-12-26-16-14-25(2)15-17-26)27-13-10-20(18-27)19-28-21-8-4-3-5-9-21/h3-5,8-9,20H,6-7,10-19H2,1-2H3,(H,23,24). The Labute approximate surface area is 175 Å². The molecular formula is C22H37N5S. The lowest BCUT2D eigenvalue weighted by Gasteiger charge is -2.32. The van der Waals surface area contributed by atoms with Gasteiger partial charge in [0.25, 0.3) is 0 Å². The van der Waals surface area contributed by atoms with Crippen LogP contribution < -0.4 is 5.32 Å². The number of nitrogens with one attached hydrogen (secondary N) is 1. The predicted octanol–water partition coefficient (Wildman–Crippen LogP) is 2.70. The Balaban J connectivity index is 1.29. The molecule has 28 heavy (non-hydrogen) atoms. The van der Waals surface area contributed by atoms with Crippen LogP contribution in [0.4, 0.5) is 0 Å². The van der Waals surface area contributed by atoms with Gasteiger partial charge in [-0.05, 0) is 50.9 Å². The minimum absolute atomic E-state index is 0.751. The zero-order chi connectivity index (χ0) is 19.6. The third-order valence-electron chi connectivity index (χ3n) is 5.81. The summed E-state index contributed by atoms with van der Waals surface area (Å²) in [7, 11) is 4.13. The zero-order valence-corrected chi connectivity index (χ0v) is 18.5. The van der Waals surface area contributed by atoms with Gasteiger partial charge in [0, 0.05) is 63.5 Å². The molecule has 5 nitrogen and oxygen atoms in total. The first-order valence-corrected chi connectivity index (χ1v) is 11.8. The number of piperazine rings is 1. The van der Waals surface area contributed by atoms with E-state index >= 15 is 0 Å². The second-order valence-electron chi connectivity index (χ2n) is 8.05. The first-order chi connectivity index (χ1) is 13.7. The molecule has 2 fully saturated rings. The molecule has 0 radical (unpaired) electrons. The van der Waals surface area contributed by atoms with Gasteiger partial charge in [0.1, 0.15) is 0 Å². The SMILES string of the molecule is CN=C(NCCCCN1CCN(C)CC1)N1CCC(CSc2ccccc2)C1. The van der Waals surface area contributed by atoms with Gasteiger partial charge in [-0.3, -0.25) is 4.99 Å². The van der Waals surface area contributed by atoms with Gasteiger partial charge in [-0.15, -0.1) is 11.8 Å². The van der Waals surface area contributed by atoms with Crippen LogP contribution in [-0.2, 0) is 0 Å².